The Balaban J connectivity index is 3.29. The van der Waals surface area contributed by atoms with Crippen LogP contribution in [0.2, 0.25) is 0 Å². The van der Waals surface area contributed by atoms with Gasteiger partial charge in [0.05, 0.1) is 0 Å². The topological polar surface area (TPSA) is 0 Å². The van der Waals surface area contributed by atoms with Crippen LogP contribution >= 0.6 is 0 Å². The fourth-order valence-corrected chi connectivity index (χ4v) is 1.48. The van der Waals surface area contributed by atoms with Crippen molar-refractivity contribution < 1.29 is 0 Å². The summed E-state index contributed by atoms with van der Waals surface area (Å²) in [6.07, 6.45) is 6.50. The first kappa shape index (κ1) is 9.86. The van der Waals surface area contributed by atoms with Gasteiger partial charge in [0.1, 0.15) is 0 Å². The molecule has 13 heavy (non-hydrogen) atoms. The van der Waals surface area contributed by atoms with Crippen molar-refractivity contribution >= 4 is 0 Å². The third-order valence-electron chi connectivity index (χ3n) is 2.21. The SMILES string of the molecule is C#Cc1c(CC)cccc1[C](C)C. The van der Waals surface area contributed by atoms with Gasteiger partial charge in [-0.25, -0.2) is 0 Å². The highest BCUT2D eigenvalue weighted by atomic mass is 14.1. The highest BCUT2D eigenvalue weighted by molar-refractivity contribution is 5.51. The van der Waals surface area contributed by atoms with Crippen molar-refractivity contribution in [1.29, 1.82) is 0 Å². The molecule has 0 saturated carbocycles. The predicted octanol–water partition coefficient (Wildman–Crippen LogP) is 3.19. The van der Waals surface area contributed by atoms with E-state index in [0.717, 1.165) is 12.0 Å². The Morgan fingerprint density at radius 3 is 2.54 bits per heavy atom. The molecule has 0 saturated heterocycles. The fourth-order valence-electron chi connectivity index (χ4n) is 1.48. The van der Waals surface area contributed by atoms with Gasteiger partial charge in [0, 0.05) is 11.5 Å². The maximum atomic E-state index is 5.50. The Kier molecular flexibility index (Phi) is 3.14. The van der Waals surface area contributed by atoms with Crippen LogP contribution in [0.3, 0.4) is 0 Å². The smallest absolute Gasteiger partial charge is 0.0312 e. The molecule has 0 nitrogen and oxygen atoms in total. The first-order valence-electron chi connectivity index (χ1n) is 4.59. The van der Waals surface area contributed by atoms with Crippen LogP contribution < -0.4 is 0 Å². The molecule has 1 aromatic rings. The van der Waals surface area contributed by atoms with E-state index >= 15 is 0 Å². The van der Waals surface area contributed by atoms with Crippen LogP contribution in [0.4, 0.5) is 0 Å². The lowest BCUT2D eigenvalue weighted by molar-refractivity contribution is 1.08. The Labute approximate surface area is 81.0 Å². The molecule has 1 rings (SSSR count). The summed E-state index contributed by atoms with van der Waals surface area (Å²) >= 11 is 0. The molecule has 0 bridgehead atoms. The zero-order valence-corrected chi connectivity index (χ0v) is 8.52. The average molecular weight is 171 g/mol. The Morgan fingerprint density at radius 1 is 1.38 bits per heavy atom. The van der Waals surface area contributed by atoms with Crippen LogP contribution in [0.5, 0.6) is 0 Å². The molecule has 0 unspecified atom stereocenters. The van der Waals surface area contributed by atoms with Crippen molar-refractivity contribution in [1.82, 2.24) is 0 Å². The van der Waals surface area contributed by atoms with Crippen LogP contribution in [-0.2, 0) is 6.42 Å². The van der Waals surface area contributed by atoms with E-state index in [2.05, 4.69) is 44.9 Å². The molecular weight excluding hydrogens is 156 g/mol. The highest BCUT2D eigenvalue weighted by Gasteiger charge is 2.07. The standard InChI is InChI=1S/C13H15/c1-5-11-8-7-9-13(10(3)4)12(11)6-2/h2,7-9H,5H2,1,3-4H3. The van der Waals surface area contributed by atoms with Gasteiger partial charge in [-0.1, -0.05) is 44.9 Å². The van der Waals surface area contributed by atoms with Gasteiger partial charge in [-0.2, -0.15) is 0 Å². The van der Waals surface area contributed by atoms with Crippen molar-refractivity contribution in [3.63, 3.8) is 0 Å². The lowest BCUT2D eigenvalue weighted by Gasteiger charge is -2.11. The van der Waals surface area contributed by atoms with E-state index in [1.54, 1.807) is 0 Å². The van der Waals surface area contributed by atoms with Gasteiger partial charge in [-0.3, -0.25) is 0 Å². The van der Waals surface area contributed by atoms with Crippen molar-refractivity contribution in [3.05, 3.63) is 40.8 Å². The second-order valence-corrected chi connectivity index (χ2v) is 3.34. The average Bonchev–Trinajstić information content (AvgIpc) is 2.16. The lowest BCUT2D eigenvalue weighted by Crippen LogP contribution is -1.97. The van der Waals surface area contributed by atoms with Gasteiger partial charge < -0.3 is 0 Å². The van der Waals surface area contributed by atoms with E-state index in [1.165, 1.54) is 17.0 Å². The largest absolute Gasteiger partial charge is 0.115 e. The maximum Gasteiger partial charge on any atom is 0.0312 e. The lowest BCUT2D eigenvalue weighted by atomic mass is 9.93. The minimum Gasteiger partial charge on any atom is -0.115 e. The molecule has 0 N–H and O–H groups in total. The molecule has 67 valence electrons. The molecule has 0 heterocycles. The molecule has 0 aliphatic heterocycles. The molecule has 0 heteroatoms. The summed E-state index contributed by atoms with van der Waals surface area (Å²) < 4.78 is 0. The summed E-state index contributed by atoms with van der Waals surface area (Å²) in [5.41, 5.74) is 3.54. The number of terminal acetylenes is 1. The summed E-state index contributed by atoms with van der Waals surface area (Å²) in [5.74, 6) is 4.06. The minimum atomic E-state index is 1.00. The molecule has 0 atom stereocenters. The third kappa shape index (κ3) is 1.92. The van der Waals surface area contributed by atoms with Gasteiger partial charge in [0.2, 0.25) is 0 Å². The van der Waals surface area contributed by atoms with Gasteiger partial charge >= 0.3 is 0 Å². The van der Waals surface area contributed by atoms with Crippen molar-refractivity contribution in [2.45, 2.75) is 27.2 Å². The fraction of sp³-hybridized carbons (Fsp3) is 0.308. The normalized spacial score (nSPS) is 10.1. The van der Waals surface area contributed by atoms with E-state index in [-0.39, 0.29) is 0 Å². The van der Waals surface area contributed by atoms with E-state index in [4.69, 9.17) is 6.42 Å². The summed E-state index contributed by atoms with van der Waals surface area (Å²) in [4.78, 5) is 0. The van der Waals surface area contributed by atoms with Gasteiger partial charge in [-0.05, 0) is 17.5 Å². The van der Waals surface area contributed by atoms with E-state index in [9.17, 15) is 0 Å². The third-order valence-corrected chi connectivity index (χ3v) is 2.21. The molecule has 0 aliphatic rings. The highest BCUT2D eigenvalue weighted by Crippen LogP contribution is 2.21. The molecular formula is C13H15. The maximum absolute atomic E-state index is 5.50. The summed E-state index contributed by atoms with van der Waals surface area (Å²) in [7, 11) is 0. The Bertz CT molecular complexity index is 326. The summed E-state index contributed by atoms with van der Waals surface area (Å²) in [5, 5.41) is 0. The summed E-state index contributed by atoms with van der Waals surface area (Å²) in [6, 6.07) is 6.26. The monoisotopic (exact) mass is 171 g/mol. The molecule has 1 radical (unpaired) electrons. The number of benzene rings is 1. The number of hydrogen-bond acceptors (Lipinski definition) is 0. The van der Waals surface area contributed by atoms with Crippen molar-refractivity contribution in [2.24, 2.45) is 0 Å². The number of rotatable bonds is 2. The molecule has 0 fully saturated rings. The predicted molar refractivity (Wildman–Crippen MR) is 57.4 cm³/mol. The van der Waals surface area contributed by atoms with Crippen LogP contribution in [0.1, 0.15) is 37.5 Å². The second kappa shape index (κ2) is 4.14. The van der Waals surface area contributed by atoms with E-state index in [0.29, 0.717) is 0 Å². The van der Waals surface area contributed by atoms with Gasteiger partial charge in [0.15, 0.2) is 0 Å². The zero-order valence-electron chi connectivity index (χ0n) is 8.52. The molecule has 0 aliphatic carbocycles. The minimum absolute atomic E-state index is 1.00. The molecule has 1 aromatic carbocycles. The quantitative estimate of drug-likeness (QED) is 0.599. The van der Waals surface area contributed by atoms with Crippen LogP contribution in [-0.4, -0.2) is 0 Å². The number of aryl methyl sites for hydroxylation is 1. The van der Waals surface area contributed by atoms with Crippen LogP contribution in [0.25, 0.3) is 0 Å². The summed E-state index contributed by atoms with van der Waals surface area (Å²) in [6.45, 7) is 6.32. The second-order valence-electron chi connectivity index (χ2n) is 3.34. The molecule has 0 amide bonds. The first-order valence-corrected chi connectivity index (χ1v) is 4.59. The zero-order chi connectivity index (χ0) is 9.84. The molecule has 0 spiro atoms. The van der Waals surface area contributed by atoms with Gasteiger partial charge in [0.25, 0.3) is 0 Å². The number of hydrogen-bond donors (Lipinski definition) is 0. The van der Waals surface area contributed by atoms with Crippen molar-refractivity contribution in [3.8, 4) is 12.3 Å². The van der Waals surface area contributed by atoms with E-state index < -0.39 is 0 Å². The van der Waals surface area contributed by atoms with Gasteiger partial charge in [-0.15, -0.1) is 6.42 Å². The van der Waals surface area contributed by atoms with Crippen LogP contribution in [0, 0.1) is 18.3 Å². The van der Waals surface area contributed by atoms with Crippen LogP contribution in [0.15, 0.2) is 18.2 Å². The molecule has 0 aromatic heterocycles. The first-order chi connectivity index (χ1) is 6.20. The Hall–Kier alpha value is -1.22. The van der Waals surface area contributed by atoms with E-state index in [1.807, 2.05) is 0 Å². The van der Waals surface area contributed by atoms with Crippen molar-refractivity contribution in [2.75, 3.05) is 0 Å². The Morgan fingerprint density at radius 2 is 2.08 bits per heavy atom.